The van der Waals surface area contributed by atoms with E-state index in [1.807, 2.05) is 0 Å². The number of hydrogen-bond acceptors (Lipinski definition) is 6. The molecule has 0 aliphatic carbocycles. The van der Waals surface area contributed by atoms with Crippen LogP contribution in [0.5, 0.6) is 5.88 Å². The van der Waals surface area contributed by atoms with E-state index in [0.717, 1.165) is 11.8 Å². The molecule has 2 aromatic heterocycles. The quantitative estimate of drug-likeness (QED) is 0.847. The summed E-state index contributed by atoms with van der Waals surface area (Å²) in [6.45, 7) is 0.381. The molecule has 6 nitrogen and oxygen atoms in total. The van der Waals surface area contributed by atoms with Gasteiger partial charge in [-0.2, -0.15) is 4.98 Å². The van der Waals surface area contributed by atoms with Crippen molar-refractivity contribution in [1.82, 2.24) is 15.0 Å². The SMILES string of the molecule is COc1cc(CNc2nc(N)ncc2F)ccn1. The van der Waals surface area contributed by atoms with Crippen molar-refractivity contribution in [2.24, 2.45) is 0 Å². The minimum Gasteiger partial charge on any atom is -0.481 e. The number of halogens is 1. The van der Waals surface area contributed by atoms with Gasteiger partial charge < -0.3 is 15.8 Å². The molecular weight excluding hydrogens is 237 g/mol. The number of nitrogen functional groups attached to an aromatic ring is 1. The van der Waals surface area contributed by atoms with Gasteiger partial charge in [0.1, 0.15) is 0 Å². The summed E-state index contributed by atoms with van der Waals surface area (Å²) in [6.07, 6.45) is 2.64. The molecular formula is C11H12FN5O. The van der Waals surface area contributed by atoms with Crippen molar-refractivity contribution in [2.45, 2.75) is 6.54 Å². The predicted octanol–water partition coefficient (Wildman–Crippen LogP) is 1.21. The summed E-state index contributed by atoms with van der Waals surface area (Å²) in [6, 6.07) is 3.54. The maximum absolute atomic E-state index is 13.3. The van der Waals surface area contributed by atoms with E-state index in [2.05, 4.69) is 20.3 Å². The van der Waals surface area contributed by atoms with Gasteiger partial charge in [0.05, 0.1) is 13.3 Å². The predicted molar refractivity (Wildman–Crippen MR) is 64.5 cm³/mol. The second-order valence-electron chi connectivity index (χ2n) is 3.48. The molecule has 0 spiro atoms. The number of nitrogens with one attached hydrogen (secondary N) is 1. The van der Waals surface area contributed by atoms with E-state index in [1.165, 1.54) is 7.11 Å². The first kappa shape index (κ1) is 12.0. The lowest BCUT2D eigenvalue weighted by atomic mass is 10.2. The van der Waals surface area contributed by atoms with E-state index in [9.17, 15) is 4.39 Å². The maximum Gasteiger partial charge on any atom is 0.222 e. The lowest BCUT2D eigenvalue weighted by Crippen LogP contribution is -2.06. The summed E-state index contributed by atoms with van der Waals surface area (Å²) in [4.78, 5) is 11.3. The van der Waals surface area contributed by atoms with Gasteiger partial charge in [-0.05, 0) is 11.6 Å². The van der Waals surface area contributed by atoms with Crippen LogP contribution >= 0.6 is 0 Å². The molecule has 0 saturated heterocycles. The van der Waals surface area contributed by atoms with Crippen molar-refractivity contribution in [3.8, 4) is 5.88 Å². The average Bonchev–Trinajstić information content (AvgIpc) is 2.40. The lowest BCUT2D eigenvalue weighted by Gasteiger charge is -2.07. The molecule has 18 heavy (non-hydrogen) atoms. The zero-order chi connectivity index (χ0) is 13.0. The Bertz CT molecular complexity index is 549. The first-order valence-electron chi connectivity index (χ1n) is 5.20. The van der Waals surface area contributed by atoms with Crippen LogP contribution in [0.1, 0.15) is 5.56 Å². The third-order valence-electron chi connectivity index (χ3n) is 2.23. The van der Waals surface area contributed by atoms with Crippen LogP contribution in [0, 0.1) is 5.82 Å². The zero-order valence-corrected chi connectivity index (χ0v) is 9.72. The molecule has 2 heterocycles. The van der Waals surface area contributed by atoms with Gasteiger partial charge in [-0.3, -0.25) is 0 Å². The molecule has 94 valence electrons. The minimum atomic E-state index is -0.551. The Hall–Kier alpha value is -2.44. The van der Waals surface area contributed by atoms with Crippen LogP contribution in [-0.2, 0) is 6.54 Å². The van der Waals surface area contributed by atoms with E-state index < -0.39 is 5.82 Å². The van der Waals surface area contributed by atoms with Crippen LogP contribution in [0.2, 0.25) is 0 Å². The van der Waals surface area contributed by atoms with Crippen molar-refractivity contribution >= 4 is 11.8 Å². The van der Waals surface area contributed by atoms with Crippen molar-refractivity contribution in [2.75, 3.05) is 18.2 Å². The Morgan fingerprint density at radius 2 is 2.28 bits per heavy atom. The van der Waals surface area contributed by atoms with Crippen LogP contribution in [0.3, 0.4) is 0 Å². The number of hydrogen-bond donors (Lipinski definition) is 2. The largest absolute Gasteiger partial charge is 0.481 e. The molecule has 3 N–H and O–H groups in total. The van der Waals surface area contributed by atoms with Crippen molar-refractivity contribution in [3.05, 3.63) is 35.9 Å². The first-order valence-corrected chi connectivity index (χ1v) is 5.20. The van der Waals surface area contributed by atoms with Crippen molar-refractivity contribution < 1.29 is 9.13 Å². The monoisotopic (exact) mass is 249 g/mol. The van der Waals surface area contributed by atoms with E-state index in [4.69, 9.17) is 10.5 Å². The van der Waals surface area contributed by atoms with E-state index >= 15 is 0 Å². The van der Waals surface area contributed by atoms with Gasteiger partial charge in [-0.1, -0.05) is 0 Å². The van der Waals surface area contributed by atoms with E-state index in [-0.39, 0.29) is 11.8 Å². The fraction of sp³-hybridized carbons (Fsp3) is 0.182. The highest BCUT2D eigenvalue weighted by molar-refractivity contribution is 5.40. The Morgan fingerprint density at radius 3 is 3.06 bits per heavy atom. The molecule has 0 fully saturated rings. The number of rotatable bonds is 4. The van der Waals surface area contributed by atoms with Crippen LogP contribution in [-0.4, -0.2) is 22.1 Å². The smallest absolute Gasteiger partial charge is 0.222 e. The van der Waals surface area contributed by atoms with Gasteiger partial charge in [-0.15, -0.1) is 0 Å². The fourth-order valence-corrected chi connectivity index (χ4v) is 1.36. The molecule has 0 atom stereocenters. The third-order valence-corrected chi connectivity index (χ3v) is 2.23. The van der Waals surface area contributed by atoms with E-state index in [0.29, 0.717) is 12.4 Å². The van der Waals surface area contributed by atoms with Gasteiger partial charge >= 0.3 is 0 Å². The number of anilines is 2. The molecule has 0 radical (unpaired) electrons. The van der Waals surface area contributed by atoms with E-state index in [1.54, 1.807) is 18.3 Å². The van der Waals surface area contributed by atoms with Gasteiger partial charge in [-0.25, -0.2) is 14.4 Å². The summed E-state index contributed by atoms with van der Waals surface area (Å²) < 4.78 is 18.3. The summed E-state index contributed by atoms with van der Waals surface area (Å²) in [5.41, 5.74) is 6.27. The molecule has 0 unspecified atom stereocenters. The second-order valence-corrected chi connectivity index (χ2v) is 3.48. The van der Waals surface area contributed by atoms with Gasteiger partial charge in [0.15, 0.2) is 11.6 Å². The molecule has 2 rings (SSSR count). The number of aromatic nitrogens is 3. The average molecular weight is 249 g/mol. The molecule has 2 aromatic rings. The number of nitrogens with two attached hydrogens (primary N) is 1. The molecule has 0 amide bonds. The maximum atomic E-state index is 13.3. The Morgan fingerprint density at radius 1 is 1.44 bits per heavy atom. The molecule has 7 heteroatoms. The first-order chi connectivity index (χ1) is 8.69. The summed E-state index contributed by atoms with van der Waals surface area (Å²) >= 11 is 0. The van der Waals surface area contributed by atoms with Crippen LogP contribution in [0.15, 0.2) is 24.5 Å². The Balaban J connectivity index is 2.08. The third kappa shape index (κ3) is 2.82. The fourth-order valence-electron chi connectivity index (χ4n) is 1.36. The highest BCUT2D eigenvalue weighted by Gasteiger charge is 2.05. The van der Waals surface area contributed by atoms with Crippen molar-refractivity contribution in [1.29, 1.82) is 0 Å². The molecule has 0 saturated carbocycles. The molecule has 0 aromatic carbocycles. The molecule has 0 aliphatic rings. The standard InChI is InChI=1S/C11H12FN5O/c1-18-9-4-7(2-3-14-9)5-15-10-8(12)6-16-11(13)17-10/h2-4,6H,5H2,1H3,(H3,13,15,16,17). The topological polar surface area (TPSA) is 86.0 Å². The van der Waals surface area contributed by atoms with Crippen LogP contribution < -0.4 is 15.8 Å². The van der Waals surface area contributed by atoms with Crippen LogP contribution in [0.25, 0.3) is 0 Å². The number of pyridine rings is 1. The van der Waals surface area contributed by atoms with Gasteiger partial charge in [0, 0.05) is 18.8 Å². The Kier molecular flexibility index (Phi) is 3.52. The van der Waals surface area contributed by atoms with Crippen LogP contribution in [0.4, 0.5) is 16.2 Å². The second kappa shape index (κ2) is 5.26. The Labute approximate surface area is 103 Å². The zero-order valence-electron chi connectivity index (χ0n) is 9.72. The minimum absolute atomic E-state index is 0.0196. The number of methoxy groups -OCH3 is 1. The van der Waals surface area contributed by atoms with Crippen molar-refractivity contribution in [3.63, 3.8) is 0 Å². The molecule has 0 aliphatic heterocycles. The normalized spacial score (nSPS) is 10.1. The number of ether oxygens (including phenoxy) is 1. The summed E-state index contributed by atoms with van der Waals surface area (Å²) in [7, 11) is 1.53. The summed E-state index contributed by atoms with van der Waals surface area (Å²) in [5.74, 6) is 0.0340. The highest BCUT2D eigenvalue weighted by atomic mass is 19.1. The highest BCUT2D eigenvalue weighted by Crippen LogP contribution is 2.13. The van der Waals surface area contributed by atoms with Gasteiger partial charge in [0.2, 0.25) is 11.8 Å². The molecule has 0 bridgehead atoms. The summed E-state index contributed by atoms with van der Waals surface area (Å²) in [5, 5.41) is 2.83. The van der Waals surface area contributed by atoms with Gasteiger partial charge in [0.25, 0.3) is 0 Å². The lowest BCUT2D eigenvalue weighted by molar-refractivity contribution is 0.397. The number of nitrogens with zero attached hydrogens (tertiary/aromatic N) is 3.